The van der Waals surface area contributed by atoms with Crippen molar-refractivity contribution in [2.75, 3.05) is 37.6 Å². The van der Waals surface area contributed by atoms with E-state index in [4.69, 9.17) is 15.0 Å². The third-order valence-electron chi connectivity index (χ3n) is 8.13. The summed E-state index contributed by atoms with van der Waals surface area (Å²) in [6, 6.07) is 8.95. The molecule has 4 aromatic rings. The van der Waals surface area contributed by atoms with Gasteiger partial charge in [0.1, 0.15) is 17.2 Å². The van der Waals surface area contributed by atoms with Gasteiger partial charge in [-0.15, -0.1) is 0 Å². The first-order chi connectivity index (χ1) is 23.6. The summed E-state index contributed by atoms with van der Waals surface area (Å²) < 4.78 is 119. The molecule has 0 aliphatic carbocycles. The Morgan fingerprint density at radius 1 is 1.00 bits per heavy atom. The monoisotopic (exact) mass is 729 g/mol. The SMILES string of the molecule is NS(=O)(=O)N1CCCC1c1cc(C(F)F)cc(-c2cn(-c3ccc(N4CCNCC4)cc3F)nc2-c2ccncc2)c1F.O=C(O)C(F)(F)F. The molecule has 19 heteroatoms. The molecule has 1 unspecified atom stereocenters. The van der Waals surface area contributed by atoms with Crippen LogP contribution in [0.5, 0.6) is 0 Å². The highest BCUT2D eigenvalue weighted by molar-refractivity contribution is 7.86. The van der Waals surface area contributed by atoms with Crippen LogP contribution in [0.25, 0.3) is 28.1 Å². The number of carbonyl (C=O) groups is 1. The highest BCUT2D eigenvalue weighted by Gasteiger charge is 2.38. The minimum Gasteiger partial charge on any atom is -0.475 e. The minimum absolute atomic E-state index is 0.0423. The van der Waals surface area contributed by atoms with E-state index in [1.54, 1.807) is 24.3 Å². The Balaban J connectivity index is 0.000000630. The van der Waals surface area contributed by atoms with Crippen LogP contribution in [0.1, 0.15) is 36.4 Å². The second-order valence-electron chi connectivity index (χ2n) is 11.3. The normalized spacial score (nSPS) is 17.1. The summed E-state index contributed by atoms with van der Waals surface area (Å²) in [5, 5.41) is 20.3. The van der Waals surface area contributed by atoms with Gasteiger partial charge in [-0.2, -0.15) is 31.0 Å². The fourth-order valence-corrected chi connectivity index (χ4v) is 6.77. The lowest BCUT2D eigenvalue weighted by molar-refractivity contribution is -0.192. The largest absolute Gasteiger partial charge is 0.490 e. The van der Waals surface area contributed by atoms with E-state index in [1.807, 2.05) is 0 Å². The van der Waals surface area contributed by atoms with Crippen LogP contribution < -0.4 is 15.4 Å². The predicted molar refractivity (Wildman–Crippen MR) is 168 cm³/mol. The molecule has 4 N–H and O–H groups in total. The summed E-state index contributed by atoms with van der Waals surface area (Å²) in [7, 11) is -4.22. The molecule has 0 saturated carbocycles. The maximum atomic E-state index is 16.4. The van der Waals surface area contributed by atoms with Gasteiger partial charge in [0.25, 0.3) is 16.6 Å². The second kappa shape index (κ2) is 14.7. The van der Waals surface area contributed by atoms with Crippen molar-refractivity contribution < 1.29 is 49.1 Å². The summed E-state index contributed by atoms with van der Waals surface area (Å²) in [4.78, 5) is 15.0. The quantitative estimate of drug-likeness (QED) is 0.220. The molecule has 0 radical (unpaired) electrons. The van der Waals surface area contributed by atoms with E-state index in [0.29, 0.717) is 17.7 Å². The molecule has 2 aliphatic heterocycles. The lowest BCUT2D eigenvalue weighted by Crippen LogP contribution is -2.43. The van der Waals surface area contributed by atoms with Gasteiger partial charge in [0, 0.05) is 84.8 Å². The lowest BCUT2D eigenvalue weighted by Gasteiger charge is -2.29. The van der Waals surface area contributed by atoms with Crippen molar-refractivity contribution in [2.24, 2.45) is 5.14 Å². The van der Waals surface area contributed by atoms with E-state index in [2.05, 4.69) is 20.3 Å². The van der Waals surface area contributed by atoms with Crippen molar-refractivity contribution in [3.05, 3.63) is 83.8 Å². The third-order valence-corrected chi connectivity index (χ3v) is 9.22. The number of anilines is 1. The number of aromatic nitrogens is 3. The average Bonchev–Trinajstić information content (AvgIpc) is 3.74. The number of benzene rings is 2. The van der Waals surface area contributed by atoms with Gasteiger partial charge in [0.05, 0.1) is 6.04 Å². The number of alkyl halides is 5. The molecule has 0 spiro atoms. The Kier molecular flexibility index (Phi) is 10.8. The zero-order valence-corrected chi connectivity index (χ0v) is 26.7. The van der Waals surface area contributed by atoms with Crippen LogP contribution in [0.4, 0.5) is 36.4 Å². The van der Waals surface area contributed by atoms with Gasteiger partial charge in [-0.25, -0.2) is 32.2 Å². The van der Waals surface area contributed by atoms with Crippen molar-refractivity contribution in [3.63, 3.8) is 0 Å². The van der Waals surface area contributed by atoms with Gasteiger partial charge in [-0.05, 0) is 55.3 Å². The topological polar surface area (TPSA) is 147 Å². The number of hydrogen-bond donors (Lipinski definition) is 3. The molecular formula is C31H30F7N7O4S. The molecule has 4 heterocycles. The van der Waals surface area contributed by atoms with Gasteiger partial charge >= 0.3 is 12.1 Å². The first kappa shape index (κ1) is 36.7. The number of aliphatic carboxylic acids is 1. The molecule has 50 heavy (non-hydrogen) atoms. The van der Waals surface area contributed by atoms with Crippen LogP contribution in [-0.2, 0) is 15.0 Å². The van der Waals surface area contributed by atoms with E-state index < -0.39 is 52.0 Å². The number of hydrogen-bond acceptors (Lipinski definition) is 7. The Morgan fingerprint density at radius 3 is 2.24 bits per heavy atom. The van der Waals surface area contributed by atoms with Crippen molar-refractivity contribution in [3.8, 4) is 28.1 Å². The van der Waals surface area contributed by atoms with Crippen LogP contribution >= 0.6 is 0 Å². The standard InChI is InChI=1S/C29H29F4N7O2S.C2HF3O2/c30-24-16-20(38-12-9-36-10-13-38)3-4-26(24)39-17-23(28(37-39)18-5-7-35-8-6-18)21-14-19(29(32)33)15-22(27(21)31)25-2-1-11-40(25)43(34,41)42;3-2(4,5)1(6)7/h3-8,14-17,25,29,36H,1-2,9-13H2,(H2,34,41,42);(H,6,7). The molecule has 0 amide bonds. The summed E-state index contributed by atoms with van der Waals surface area (Å²) >= 11 is 0. The number of nitrogens with two attached hydrogens (primary N) is 1. The molecule has 0 bridgehead atoms. The second-order valence-corrected chi connectivity index (χ2v) is 12.8. The number of nitrogens with one attached hydrogen (secondary N) is 1. The summed E-state index contributed by atoms with van der Waals surface area (Å²) in [6.07, 6.45) is -3.07. The van der Waals surface area contributed by atoms with Crippen LogP contribution in [-0.4, -0.2) is 77.5 Å². The number of piperazine rings is 1. The van der Waals surface area contributed by atoms with Crippen LogP contribution in [0.3, 0.4) is 0 Å². The molecule has 2 aromatic carbocycles. The number of nitrogens with zero attached hydrogens (tertiary/aromatic N) is 5. The van der Waals surface area contributed by atoms with Crippen molar-refractivity contribution in [2.45, 2.75) is 31.5 Å². The lowest BCUT2D eigenvalue weighted by atomic mass is 9.93. The number of rotatable bonds is 7. The molecule has 2 aromatic heterocycles. The van der Waals surface area contributed by atoms with Gasteiger partial charge in [-0.3, -0.25) is 4.98 Å². The van der Waals surface area contributed by atoms with Crippen LogP contribution in [0.2, 0.25) is 0 Å². The predicted octanol–water partition coefficient (Wildman–Crippen LogP) is 5.20. The fraction of sp³-hybridized carbons (Fsp3) is 0.323. The van der Waals surface area contributed by atoms with Gasteiger partial charge in [-0.1, -0.05) is 0 Å². The van der Waals surface area contributed by atoms with E-state index in [1.165, 1.54) is 29.3 Å². The van der Waals surface area contributed by atoms with Gasteiger partial charge in [0.2, 0.25) is 0 Å². The van der Waals surface area contributed by atoms with Gasteiger partial charge in [0.15, 0.2) is 5.82 Å². The minimum atomic E-state index is -5.08. The number of carboxylic acid groups (broad SMARTS) is 1. The average molecular weight is 730 g/mol. The molecule has 1 atom stereocenters. The molecular weight excluding hydrogens is 699 g/mol. The summed E-state index contributed by atoms with van der Waals surface area (Å²) in [5.74, 6) is -4.20. The van der Waals surface area contributed by atoms with Crippen molar-refractivity contribution in [1.29, 1.82) is 0 Å². The Hall–Kier alpha value is -4.59. The first-order valence-corrected chi connectivity index (χ1v) is 16.5. The van der Waals surface area contributed by atoms with Gasteiger partial charge < -0.3 is 15.3 Å². The smallest absolute Gasteiger partial charge is 0.475 e. The molecule has 2 aliphatic rings. The Morgan fingerprint density at radius 2 is 1.66 bits per heavy atom. The first-order valence-electron chi connectivity index (χ1n) is 15.0. The van der Waals surface area contributed by atoms with Crippen molar-refractivity contribution in [1.82, 2.24) is 24.4 Å². The van der Waals surface area contributed by atoms with Crippen LogP contribution in [0.15, 0.2) is 61.1 Å². The molecule has 2 fully saturated rings. The maximum absolute atomic E-state index is 16.4. The summed E-state index contributed by atoms with van der Waals surface area (Å²) in [6.45, 7) is 3.05. The van der Waals surface area contributed by atoms with E-state index >= 15 is 8.78 Å². The van der Waals surface area contributed by atoms with E-state index in [-0.39, 0.29) is 41.0 Å². The maximum Gasteiger partial charge on any atom is 0.490 e. The van der Waals surface area contributed by atoms with Crippen molar-refractivity contribution >= 4 is 21.9 Å². The number of halogens is 7. The zero-order chi connectivity index (χ0) is 36.4. The van der Waals surface area contributed by atoms with E-state index in [9.17, 15) is 30.4 Å². The Bertz CT molecular complexity index is 1950. The number of pyridine rings is 1. The molecule has 2 saturated heterocycles. The van der Waals surface area contributed by atoms with Crippen LogP contribution in [0, 0.1) is 11.6 Å². The highest BCUT2D eigenvalue weighted by Crippen LogP contribution is 2.42. The van der Waals surface area contributed by atoms with E-state index in [0.717, 1.165) is 42.6 Å². The molecule has 6 rings (SSSR count). The highest BCUT2D eigenvalue weighted by atomic mass is 32.2. The zero-order valence-electron chi connectivity index (χ0n) is 25.9. The summed E-state index contributed by atoms with van der Waals surface area (Å²) in [5.41, 5.74) is 0.703. The Labute approximate surface area is 281 Å². The number of carboxylic acids is 1. The third kappa shape index (κ3) is 8.06. The fourth-order valence-electron chi connectivity index (χ4n) is 5.81. The molecule has 11 nitrogen and oxygen atoms in total. The molecule has 268 valence electrons.